The van der Waals surface area contributed by atoms with Crippen molar-refractivity contribution in [2.45, 2.75) is 76.3 Å². The molecule has 0 aliphatic heterocycles. The molecule has 2 N–H and O–H groups in total. The number of rotatable bonds is 7. The Balaban J connectivity index is 2.02. The van der Waals surface area contributed by atoms with Gasteiger partial charge in [0.05, 0.1) is 16.7 Å². The average molecular weight is 511 g/mol. The van der Waals surface area contributed by atoms with Gasteiger partial charge >= 0.3 is 0 Å². The quantitative estimate of drug-likeness (QED) is 0.561. The molecule has 1 fully saturated rings. The summed E-state index contributed by atoms with van der Waals surface area (Å²) in [7, 11) is -0.601. The minimum absolute atomic E-state index is 0.0158. The maximum atomic E-state index is 13.4. The predicted octanol–water partition coefficient (Wildman–Crippen LogP) is 4.71. The van der Waals surface area contributed by atoms with Crippen LogP contribution in [0, 0.1) is 5.41 Å². The number of anilines is 1. The number of amides is 1. The number of methoxy groups -OCH3 is 1. The normalized spacial score (nSPS) is 20.1. The minimum Gasteiger partial charge on any atom is -0.381 e. The number of carbonyl (C=O) groups is 1. The first-order valence-electron chi connectivity index (χ1n) is 11.5. The standard InChI is InChI=1S/C24H35ClN4O4S/c1-15(24(2,3)4)26-23(30)22-21(28-34(31,32)19-13-9-17(25)10-14-19)20(27-29(22)5)16-7-11-18(33-6)12-8-16/h9-10,13-16,18,28H,7-8,11-12H2,1-6H3,(H,26,30)/t15-,16?,18?/m0/s1. The minimum atomic E-state index is -3.97. The van der Waals surface area contributed by atoms with E-state index in [2.05, 4.69) is 15.1 Å². The number of nitrogens with zero attached hydrogens (tertiary/aromatic N) is 2. The highest BCUT2D eigenvalue weighted by molar-refractivity contribution is 7.92. The molecule has 0 unspecified atom stereocenters. The fraction of sp³-hybridized carbons (Fsp3) is 0.583. The molecular weight excluding hydrogens is 476 g/mol. The van der Waals surface area contributed by atoms with Crippen LogP contribution in [0.25, 0.3) is 0 Å². The Hall–Kier alpha value is -2.10. The van der Waals surface area contributed by atoms with Crippen molar-refractivity contribution in [1.82, 2.24) is 15.1 Å². The molecule has 2 aromatic rings. The SMILES string of the molecule is COC1CCC(c2nn(C)c(C(=O)N[C@@H](C)C(C)(C)C)c2NS(=O)(=O)c2ccc(Cl)cc2)CC1. The van der Waals surface area contributed by atoms with E-state index in [-0.39, 0.29) is 45.7 Å². The summed E-state index contributed by atoms with van der Waals surface area (Å²) >= 11 is 5.94. The number of nitrogens with one attached hydrogen (secondary N) is 2. The van der Waals surface area contributed by atoms with Gasteiger partial charge in [-0.2, -0.15) is 5.10 Å². The zero-order valence-corrected chi connectivity index (χ0v) is 22.3. The molecule has 3 rings (SSSR count). The molecule has 1 atom stereocenters. The highest BCUT2D eigenvalue weighted by Gasteiger charge is 2.33. The molecule has 34 heavy (non-hydrogen) atoms. The molecule has 10 heteroatoms. The van der Waals surface area contributed by atoms with Crippen molar-refractivity contribution in [3.8, 4) is 0 Å². The third-order valence-corrected chi connectivity index (χ3v) is 8.31. The number of sulfonamides is 1. The third kappa shape index (κ3) is 5.93. The van der Waals surface area contributed by atoms with Crippen molar-refractivity contribution < 1.29 is 17.9 Å². The maximum Gasteiger partial charge on any atom is 0.271 e. The molecule has 0 radical (unpaired) electrons. The molecule has 1 amide bonds. The monoisotopic (exact) mass is 510 g/mol. The average Bonchev–Trinajstić information content (AvgIpc) is 3.08. The fourth-order valence-electron chi connectivity index (χ4n) is 4.05. The third-order valence-electron chi connectivity index (χ3n) is 6.69. The molecule has 1 saturated carbocycles. The van der Waals surface area contributed by atoms with Crippen molar-refractivity contribution in [2.75, 3.05) is 11.8 Å². The number of ether oxygens (including phenoxy) is 1. The molecule has 1 heterocycles. The van der Waals surface area contributed by atoms with Gasteiger partial charge in [0.2, 0.25) is 0 Å². The van der Waals surface area contributed by atoms with Crippen LogP contribution in [0.5, 0.6) is 0 Å². The molecular formula is C24H35ClN4O4S. The molecule has 0 bridgehead atoms. The van der Waals surface area contributed by atoms with Gasteiger partial charge in [0.15, 0.2) is 0 Å². The van der Waals surface area contributed by atoms with Crippen LogP contribution in [-0.4, -0.2) is 43.4 Å². The summed E-state index contributed by atoms with van der Waals surface area (Å²) in [4.78, 5) is 13.4. The first-order valence-corrected chi connectivity index (χ1v) is 13.4. The predicted molar refractivity (Wildman–Crippen MR) is 134 cm³/mol. The van der Waals surface area contributed by atoms with E-state index >= 15 is 0 Å². The molecule has 0 spiro atoms. The zero-order chi connectivity index (χ0) is 25.3. The van der Waals surface area contributed by atoms with E-state index in [1.54, 1.807) is 14.2 Å². The highest BCUT2D eigenvalue weighted by atomic mass is 35.5. The Morgan fingerprint density at radius 3 is 2.29 bits per heavy atom. The van der Waals surface area contributed by atoms with Crippen molar-refractivity contribution in [2.24, 2.45) is 12.5 Å². The summed E-state index contributed by atoms with van der Waals surface area (Å²) in [5.74, 6) is -0.356. The summed E-state index contributed by atoms with van der Waals surface area (Å²) in [6.07, 6.45) is 3.48. The number of hydrogen-bond acceptors (Lipinski definition) is 5. The molecule has 1 aromatic carbocycles. The first-order chi connectivity index (χ1) is 15.8. The topological polar surface area (TPSA) is 102 Å². The summed E-state index contributed by atoms with van der Waals surface area (Å²) in [5, 5.41) is 8.08. The molecule has 1 aliphatic carbocycles. The molecule has 8 nitrogen and oxygen atoms in total. The molecule has 0 saturated heterocycles. The lowest BCUT2D eigenvalue weighted by atomic mass is 9.84. The van der Waals surface area contributed by atoms with Gasteiger partial charge in [-0.25, -0.2) is 8.42 Å². The number of halogens is 1. The van der Waals surface area contributed by atoms with Crippen molar-refractivity contribution in [3.63, 3.8) is 0 Å². The van der Waals surface area contributed by atoms with E-state index in [0.29, 0.717) is 10.7 Å². The zero-order valence-electron chi connectivity index (χ0n) is 20.7. The second kappa shape index (κ2) is 10.3. The van der Waals surface area contributed by atoms with Crippen LogP contribution in [0.4, 0.5) is 5.69 Å². The summed E-state index contributed by atoms with van der Waals surface area (Å²) in [6.45, 7) is 8.03. The van der Waals surface area contributed by atoms with E-state index < -0.39 is 10.0 Å². The van der Waals surface area contributed by atoms with Crippen molar-refractivity contribution >= 4 is 33.2 Å². The van der Waals surface area contributed by atoms with Gasteiger partial charge in [-0.3, -0.25) is 14.2 Å². The van der Waals surface area contributed by atoms with Gasteiger partial charge < -0.3 is 10.1 Å². The second-order valence-electron chi connectivity index (χ2n) is 10.1. The van der Waals surface area contributed by atoms with Gasteiger partial charge in [0, 0.05) is 31.1 Å². The molecule has 1 aromatic heterocycles. The van der Waals surface area contributed by atoms with Gasteiger partial charge in [0.1, 0.15) is 11.4 Å². The Kier molecular flexibility index (Phi) is 7.99. The lowest BCUT2D eigenvalue weighted by molar-refractivity contribution is 0.0655. The number of benzene rings is 1. The number of aryl methyl sites for hydroxylation is 1. The van der Waals surface area contributed by atoms with E-state index in [4.69, 9.17) is 16.3 Å². The summed E-state index contributed by atoms with van der Waals surface area (Å²) < 4.78 is 36.2. The van der Waals surface area contributed by atoms with Crippen LogP contribution in [0.1, 0.15) is 75.5 Å². The van der Waals surface area contributed by atoms with Crippen LogP contribution in [-0.2, 0) is 21.8 Å². The molecule has 188 valence electrons. The van der Waals surface area contributed by atoms with E-state index in [0.717, 1.165) is 25.7 Å². The van der Waals surface area contributed by atoms with Gasteiger partial charge in [0.25, 0.3) is 15.9 Å². The number of aromatic nitrogens is 2. The number of hydrogen-bond donors (Lipinski definition) is 2. The Morgan fingerprint density at radius 1 is 1.18 bits per heavy atom. The largest absolute Gasteiger partial charge is 0.381 e. The Bertz CT molecular complexity index is 1120. The summed E-state index contributed by atoms with van der Waals surface area (Å²) in [5.41, 5.74) is 0.844. The second-order valence-corrected chi connectivity index (χ2v) is 12.2. The molecule has 1 aliphatic rings. The van der Waals surface area contributed by atoms with Gasteiger partial charge in [-0.1, -0.05) is 32.4 Å². The highest BCUT2D eigenvalue weighted by Crippen LogP contribution is 2.39. The maximum absolute atomic E-state index is 13.4. The van der Waals surface area contributed by atoms with Crippen molar-refractivity contribution in [1.29, 1.82) is 0 Å². The van der Waals surface area contributed by atoms with Gasteiger partial charge in [-0.05, 0) is 62.3 Å². The van der Waals surface area contributed by atoms with E-state index in [1.165, 1.54) is 28.9 Å². The lowest BCUT2D eigenvalue weighted by Crippen LogP contribution is -2.42. The Morgan fingerprint density at radius 2 is 1.76 bits per heavy atom. The van der Waals surface area contributed by atoms with Crippen LogP contribution in [0.15, 0.2) is 29.2 Å². The first kappa shape index (κ1) is 26.5. The fourth-order valence-corrected chi connectivity index (χ4v) is 5.26. The lowest BCUT2D eigenvalue weighted by Gasteiger charge is -2.28. The summed E-state index contributed by atoms with van der Waals surface area (Å²) in [6, 6.07) is 5.77. The smallest absolute Gasteiger partial charge is 0.271 e. The van der Waals surface area contributed by atoms with E-state index in [9.17, 15) is 13.2 Å². The van der Waals surface area contributed by atoms with Crippen LogP contribution >= 0.6 is 11.6 Å². The van der Waals surface area contributed by atoms with Crippen LogP contribution in [0.2, 0.25) is 5.02 Å². The Labute approximate surface area is 207 Å². The van der Waals surface area contributed by atoms with Crippen LogP contribution in [0.3, 0.4) is 0 Å². The van der Waals surface area contributed by atoms with Crippen molar-refractivity contribution in [3.05, 3.63) is 40.7 Å². The number of carbonyl (C=O) groups excluding carboxylic acids is 1. The van der Waals surface area contributed by atoms with E-state index in [1.807, 2.05) is 27.7 Å². The van der Waals surface area contributed by atoms with Crippen LogP contribution < -0.4 is 10.0 Å². The van der Waals surface area contributed by atoms with Gasteiger partial charge in [-0.15, -0.1) is 0 Å².